The number of aromatic nitrogens is 2. The maximum atomic E-state index is 2.45. The van der Waals surface area contributed by atoms with Crippen LogP contribution < -0.4 is 4.90 Å². The van der Waals surface area contributed by atoms with Crippen molar-refractivity contribution in [2.45, 2.75) is 19.3 Å². The first-order valence-corrected chi connectivity index (χ1v) is 16.7. The fourth-order valence-corrected chi connectivity index (χ4v) is 8.25. The summed E-state index contributed by atoms with van der Waals surface area (Å²) in [5.74, 6) is 0. The van der Waals surface area contributed by atoms with Gasteiger partial charge in [-0.2, -0.15) is 0 Å². The maximum Gasteiger partial charge on any atom is 0.0541 e. The summed E-state index contributed by atoms with van der Waals surface area (Å²) in [4.78, 5) is 2.45. The van der Waals surface area contributed by atoms with Crippen LogP contribution in [0.3, 0.4) is 0 Å². The molecule has 48 heavy (non-hydrogen) atoms. The Morgan fingerprint density at radius 1 is 0.354 bits per heavy atom. The Morgan fingerprint density at radius 2 is 0.708 bits per heavy atom. The van der Waals surface area contributed by atoms with Crippen LogP contribution in [0.15, 0.2) is 164 Å². The monoisotopic (exact) mass is 615 g/mol. The van der Waals surface area contributed by atoms with Gasteiger partial charge in [0.1, 0.15) is 0 Å². The standard InChI is InChI=1S/C45H33N3/c1-45(2)37-28-31(47-39-20-10-6-16-33(39)34-17-7-11-21-40(34)47)24-26-43(37)46(30-14-4-3-5-15-30)44-27-25-32(29-38(44)45)48-41-22-12-8-18-35(41)36-19-9-13-23-42(36)48/h3-29H,1-2H3. The molecule has 10 rings (SSSR count). The van der Waals surface area contributed by atoms with Crippen LogP contribution in [-0.4, -0.2) is 9.13 Å². The van der Waals surface area contributed by atoms with Crippen molar-refractivity contribution in [1.29, 1.82) is 0 Å². The second-order valence-corrected chi connectivity index (χ2v) is 13.4. The zero-order valence-corrected chi connectivity index (χ0v) is 26.9. The molecule has 228 valence electrons. The molecule has 3 heteroatoms. The molecule has 0 unspecified atom stereocenters. The molecular formula is C45H33N3. The quantitative estimate of drug-likeness (QED) is 0.193. The minimum Gasteiger partial charge on any atom is -0.310 e. The molecule has 0 amide bonds. The highest BCUT2D eigenvalue weighted by atomic mass is 15.2. The summed E-state index contributed by atoms with van der Waals surface area (Å²) < 4.78 is 4.86. The van der Waals surface area contributed by atoms with Crippen molar-refractivity contribution in [2.75, 3.05) is 4.90 Å². The summed E-state index contributed by atoms with van der Waals surface area (Å²) in [6.45, 7) is 4.77. The fourth-order valence-electron chi connectivity index (χ4n) is 8.25. The molecule has 3 nitrogen and oxygen atoms in total. The van der Waals surface area contributed by atoms with Crippen molar-refractivity contribution in [2.24, 2.45) is 0 Å². The summed E-state index contributed by atoms with van der Waals surface area (Å²) in [5.41, 5.74) is 13.2. The Kier molecular flexibility index (Phi) is 5.63. The molecule has 0 fully saturated rings. The highest BCUT2D eigenvalue weighted by Gasteiger charge is 2.38. The molecule has 7 aromatic carbocycles. The predicted octanol–water partition coefficient (Wildman–Crippen LogP) is 12.0. The van der Waals surface area contributed by atoms with E-state index in [1.54, 1.807) is 0 Å². The first kappa shape index (κ1) is 27.1. The first-order valence-electron chi connectivity index (χ1n) is 16.7. The highest BCUT2D eigenvalue weighted by molar-refractivity contribution is 6.10. The van der Waals surface area contributed by atoms with Crippen molar-refractivity contribution in [3.63, 3.8) is 0 Å². The van der Waals surface area contributed by atoms with Gasteiger partial charge in [-0.25, -0.2) is 0 Å². The molecule has 0 radical (unpaired) electrons. The van der Waals surface area contributed by atoms with E-state index >= 15 is 0 Å². The SMILES string of the molecule is CC1(C)c2cc(-n3c4ccccc4c4ccccc43)ccc2N(c2ccccc2)c2ccc(-n3c4ccccc4c4ccccc43)cc21. The normalized spacial score (nSPS) is 13.8. The lowest BCUT2D eigenvalue weighted by atomic mass is 9.73. The Balaban J connectivity index is 1.24. The van der Waals surface area contributed by atoms with Crippen molar-refractivity contribution >= 4 is 60.7 Å². The number of nitrogens with zero attached hydrogens (tertiary/aromatic N) is 3. The molecule has 0 bridgehead atoms. The molecule has 0 spiro atoms. The van der Waals surface area contributed by atoms with Crippen LogP contribution in [-0.2, 0) is 5.41 Å². The highest BCUT2D eigenvalue weighted by Crippen LogP contribution is 2.53. The fraction of sp³-hybridized carbons (Fsp3) is 0.0667. The van der Waals surface area contributed by atoms with Gasteiger partial charge < -0.3 is 14.0 Å². The van der Waals surface area contributed by atoms with Crippen LogP contribution in [0.25, 0.3) is 55.0 Å². The van der Waals surface area contributed by atoms with Crippen LogP contribution in [0.5, 0.6) is 0 Å². The Morgan fingerprint density at radius 3 is 1.10 bits per heavy atom. The summed E-state index contributed by atoms with van der Waals surface area (Å²) in [7, 11) is 0. The van der Waals surface area contributed by atoms with Crippen molar-refractivity contribution in [1.82, 2.24) is 9.13 Å². The van der Waals surface area contributed by atoms with Crippen LogP contribution >= 0.6 is 0 Å². The number of hydrogen-bond acceptors (Lipinski definition) is 1. The second kappa shape index (κ2) is 9.97. The lowest BCUT2D eigenvalue weighted by molar-refractivity contribution is 0.631. The minimum atomic E-state index is -0.278. The molecular weight excluding hydrogens is 583 g/mol. The zero-order valence-electron chi connectivity index (χ0n) is 26.9. The molecule has 1 aliphatic heterocycles. The lowest BCUT2D eigenvalue weighted by Crippen LogP contribution is -2.31. The van der Waals surface area contributed by atoms with Gasteiger partial charge in [-0.1, -0.05) is 105 Å². The molecule has 0 N–H and O–H groups in total. The molecule has 0 saturated heterocycles. The number of para-hydroxylation sites is 5. The largest absolute Gasteiger partial charge is 0.310 e. The third-order valence-electron chi connectivity index (χ3n) is 10.5. The van der Waals surface area contributed by atoms with Crippen molar-refractivity contribution < 1.29 is 0 Å². The van der Waals surface area contributed by atoms with Crippen molar-refractivity contribution in [3.05, 3.63) is 175 Å². The van der Waals surface area contributed by atoms with Crippen LogP contribution in [0.1, 0.15) is 25.0 Å². The van der Waals surface area contributed by atoms with Gasteiger partial charge in [-0.3, -0.25) is 0 Å². The lowest BCUT2D eigenvalue weighted by Gasteiger charge is -2.42. The first-order chi connectivity index (χ1) is 23.6. The third-order valence-corrected chi connectivity index (χ3v) is 10.5. The average Bonchev–Trinajstić information content (AvgIpc) is 3.65. The molecule has 9 aromatic rings. The van der Waals surface area contributed by atoms with Crippen molar-refractivity contribution in [3.8, 4) is 11.4 Å². The maximum absolute atomic E-state index is 2.45. The van der Waals surface area contributed by atoms with Gasteiger partial charge in [-0.15, -0.1) is 0 Å². The van der Waals surface area contributed by atoms with E-state index in [0.717, 1.165) is 5.69 Å². The molecule has 0 aliphatic carbocycles. The van der Waals surface area contributed by atoms with Gasteiger partial charge in [-0.05, 0) is 83.9 Å². The van der Waals surface area contributed by atoms with Gasteiger partial charge in [0.05, 0.1) is 33.4 Å². The Bertz CT molecular complexity index is 2430. The van der Waals surface area contributed by atoms with Crippen LogP contribution in [0, 0.1) is 0 Å². The Labute approximate surface area is 279 Å². The summed E-state index contributed by atoms with van der Waals surface area (Å²) in [6.07, 6.45) is 0. The van der Waals surface area contributed by atoms with E-state index in [0.29, 0.717) is 0 Å². The number of rotatable bonds is 3. The summed E-state index contributed by atoms with van der Waals surface area (Å²) >= 11 is 0. The van der Waals surface area contributed by atoms with Gasteiger partial charge in [0.2, 0.25) is 0 Å². The van der Waals surface area contributed by atoms with Gasteiger partial charge in [0.25, 0.3) is 0 Å². The molecule has 0 saturated carbocycles. The van der Waals surface area contributed by atoms with E-state index < -0.39 is 0 Å². The molecule has 3 heterocycles. The molecule has 1 aliphatic rings. The van der Waals surface area contributed by atoms with E-state index in [-0.39, 0.29) is 5.41 Å². The van der Waals surface area contributed by atoms with E-state index in [1.807, 2.05) is 0 Å². The van der Waals surface area contributed by atoms with Gasteiger partial charge in [0.15, 0.2) is 0 Å². The summed E-state index contributed by atoms with van der Waals surface area (Å²) in [5, 5.41) is 5.10. The van der Waals surface area contributed by atoms with Gasteiger partial charge >= 0.3 is 0 Å². The van der Waals surface area contributed by atoms with E-state index in [1.165, 1.54) is 77.5 Å². The van der Waals surface area contributed by atoms with E-state index in [2.05, 4.69) is 192 Å². The van der Waals surface area contributed by atoms with Crippen LogP contribution in [0.2, 0.25) is 0 Å². The van der Waals surface area contributed by atoms with E-state index in [4.69, 9.17) is 0 Å². The summed E-state index contributed by atoms with van der Waals surface area (Å²) in [6, 6.07) is 59.9. The smallest absolute Gasteiger partial charge is 0.0541 e. The average molecular weight is 616 g/mol. The molecule has 0 atom stereocenters. The van der Waals surface area contributed by atoms with Gasteiger partial charge in [0, 0.05) is 44.0 Å². The van der Waals surface area contributed by atoms with E-state index in [9.17, 15) is 0 Å². The number of benzene rings is 7. The zero-order chi connectivity index (χ0) is 32.0. The third kappa shape index (κ3) is 3.70. The number of fused-ring (bicyclic) bond motifs is 8. The second-order valence-electron chi connectivity index (χ2n) is 13.4. The Hall–Kier alpha value is -6.06. The number of hydrogen-bond donors (Lipinski definition) is 0. The molecule has 2 aromatic heterocycles. The number of anilines is 3. The minimum absolute atomic E-state index is 0.278. The predicted molar refractivity (Wildman–Crippen MR) is 202 cm³/mol. The van der Waals surface area contributed by atoms with Crippen LogP contribution in [0.4, 0.5) is 17.1 Å². The topological polar surface area (TPSA) is 13.1 Å².